The van der Waals surface area contributed by atoms with Gasteiger partial charge in [-0.2, -0.15) is 52.7 Å². The molecule has 4 rings (SSSR count). The van der Waals surface area contributed by atoms with Crippen molar-refractivity contribution in [3.05, 3.63) is 144 Å². The molecule has 0 heterocycles. The number of hydrogen-bond acceptors (Lipinski definition) is 13. The summed E-state index contributed by atoms with van der Waals surface area (Å²) in [6.07, 6.45) is -27.9. The van der Waals surface area contributed by atoms with Crippen LogP contribution in [0.3, 0.4) is 0 Å². The summed E-state index contributed by atoms with van der Waals surface area (Å²) in [6.45, 7) is -5.85. The third-order valence-electron chi connectivity index (χ3n) is 11.0. The number of hydrogen-bond donors (Lipinski definition) is 0. The maximum absolute atomic E-state index is 14.8. The molecule has 0 aliphatic heterocycles. The molecule has 4 aromatic rings. The zero-order valence-electron chi connectivity index (χ0n) is 38.1. The topological polar surface area (TPSA) is 151 Å². The second-order valence-electron chi connectivity index (χ2n) is 15.1. The van der Waals surface area contributed by atoms with Gasteiger partial charge in [0.2, 0.25) is 0 Å². The lowest BCUT2D eigenvalue weighted by Crippen LogP contribution is -2.53. The van der Waals surface area contributed by atoms with Crippen LogP contribution in [0.5, 0.6) is 0 Å². The smallest absolute Gasteiger partial charge is 0.432 e. The molecule has 0 aliphatic rings. The van der Waals surface area contributed by atoms with Crippen molar-refractivity contribution >= 4 is 23.9 Å². The molecule has 72 heavy (non-hydrogen) atoms. The Hall–Kier alpha value is -6.28. The van der Waals surface area contributed by atoms with E-state index < -0.39 is 138 Å². The summed E-state index contributed by atoms with van der Waals surface area (Å²) in [5.74, 6) is -8.87. The van der Waals surface area contributed by atoms with Gasteiger partial charge in [0.1, 0.15) is 25.9 Å². The first kappa shape index (κ1) is 58.3. The first-order chi connectivity index (χ1) is 33.7. The molecular weight excluding hydrogens is 1000 g/mol. The third-order valence-corrected chi connectivity index (χ3v) is 11.0. The molecule has 0 saturated carbocycles. The maximum atomic E-state index is 14.8. The van der Waals surface area contributed by atoms with Crippen LogP contribution >= 0.6 is 0 Å². The highest BCUT2D eigenvalue weighted by atomic mass is 19.4. The molecular formula is C47H44F12O13. The Kier molecular flexibility index (Phi) is 19.0. The van der Waals surface area contributed by atoms with E-state index >= 15 is 0 Å². The van der Waals surface area contributed by atoms with E-state index in [0.717, 1.165) is 97.1 Å². The van der Waals surface area contributed by atoms with E-state index in [2.05, 4.69) is 18.9 Å². The lowest BCUT2D eigenvalue weighted by Gasteiger charge is -2.35. The fourth-order valence-electron chi connectivity index (χ4n) is 7.33. The van der Waals surface area contributed by atoms with Crippen LogP contribution in [0.15, 0.2) is 121 Å². The van der Waals surface area contributed by atoms with Crippen molar-refractivity contribution in [3.63, 3.8) is 0 Å². The minimum absolute atomic E-state index is 0.472. The molecule has 5 atom stereocenters. The largest absolute Gasteiger partial charge is 0.463 e. The van der Waals surface area contributed by atoms with Gasteiger partial charge >= 0.3 is 48.6 Å². The fourth-order valence-corrected chi connectivity index (χ4v) is 7.33. The summed E-state index contributed by atoms with van der Waals surface area (Å²) in [5.41, 5.74) is -18.9. The third kappa shape index (κ3) is 11.6. The highest BCUT2D eigenvalue weighted by Crippen LogP contribution is 2.47. The number of esters is 4. The Morgan fingerprint density at radius 1 is 0.361 bits per heavy atom. The predicted octanol–water partition coefficient (Wildman–Crippen LogP) is 8.72. The molecule has 0 aliphatic carbocycles. The van der Waals surface area contributed by atoms with Crippen molar-refractivity contribution in [2.45, 2.75) is 65.7 Å². The number of benzene rings is 4. The summed E-state index contributed by atoms with van der Waals surface area (Å²) >= 11 is 0. The van der Waals surface area contributed by atoms with Gasteiger partial charge in [0.25, 0.3) is 22.4 Å². The predicted molar refractivity (Wildman–Crippen MR) is 222 cm³/mol. The second kappa shape index (κ2) is 23.5. The van der Waals surface area contributed by atoms with E-state index in [1.165, 1.54) is 24.3 Å². The summed E-state index contributed by atoms with van der Waals surface area (Å²) in [5, 5.41) is 0. The molecule has 25 heteroatoms. The average Bonchev–Trinajstić information content (AvgIpc) is 3.32. The number of carbonyl (C=O) groups excluding carboxylic acids is 4. The van der Waals surface area contributed by atoms with Gasteiger partial charge in [-0.25, -0.2) is 19.2 Å². The maximum Gasteiger partial charge on any atom is 0.432 e. The Morgan fingerprint density at radius 2 is 0.583 bits per heavy atom. The number of ether oxygens (including phenoxy) is 9. The summed E-state index contributed by atoms with van der Waals surface area (Å²) < 4.78 is 222. The Labute approximate surface area is 402 Å². The zero-order chi connectivity index (χ0) is 53.8. The van der Waals surface area contributed by atoms with Gasteiger partial charge in [-0.05, 0) is 0 Å². The molecule has 13 nitrogen and oxygen atoms in total. The van der Waals surface area contributed by atoms with Crippen molar-refractivity contribution in [1.82, 2.24) is 0 Å². The molecule has 0 spiro atoms. The van der Waals surface area contributed by atoms with Crippen LogP contribution in [0, 0.1) is 0 Å². The van der Waals surface area contributed by atoms with Crippen molar-refractivity contribution in [2.75, 3.05) is 54.9 Å². The molecule has 394 valence electrons. The molecule has 0 fully saturated rings. The van der Waals surface area contributed by atoms with Gasteiger partial charge in [0.05, 0.1) is 12.7 Å². The number of methoxy groups -OCH3 is 4. The quantitative estimate of drug-likeness (QED) is 0.0396. The number of rotatable bonds is 23. The Morgan fingerprint density at radius 3 is 0.806 bits per heavy atom. The molecule has 0 N–H and O–H groups in total. The van der Waals surface area contributed by atoms with Gasteiger partial charge in [-0.3, -0.25) is 0 Å². The average molecular weight is 1040 g/mol. The van der Waals surface area contributed by atoms with Crippen LogP contribution in [0.25, 0.3) is 0 Å². The first-order valence-electron chi connectivity index (χ1n) is 20.8. The normalized spacial score (nSPS) is 16.2. The monoisotopic (exact) mass is 1040 g/mol. The van der Waals surface area contributed by atoms with Crippen molar-refractivity contribution in [1.29, 1.82) is 0 Å². The van der Waals surface area contributed by atoms with Crippen LogP contribution < -0.4 is 0 Å². The molecule has 0 aromatic heterocycles. The minimum Gasteiger partial charge on any atom is -0.463 e. The lowest BCUT2D eigenvalue weighted by molar-refractivity contribution is -0.280. The van der Waals surface area contributed by atoms with Crippen molar-refractivity contribution in [3.8, 4) is 0 Å². The molecule has 0 saturated heterocycles. The van der Waals surface area contributed by atoms with Crippen LogP contribution in [0.1, 0.15) is 28.7 Å². The van der Waals surface area contributed by atoms with E-state index in [4.69, 9.17) is 23.7 Å². The Balaban J connectivity index is 1.81. The summed E-state index contributed by atoms with van der Waals surface area (Å²) in [6, 6.07) is 20.5. The molecule has 4 aromatic carbocycles. The standard InChI is InChI=1S/C47H44F12O13/c1-64-40(44(48,49)50,30-17-9-5-10-18-30)36(60)68-26-25-34(27-69-37(61)41(65-2,45(51,52)53)31-19-11-6-12-20-31)72-35(28-70-38(62)42(66-3,46(54,55)56)32-21-13-7-14-22-32)29-71-39(63)43(67-4,47(57,58)59)33-23-15-8-16-24-33/h5-24,34-35H,25-29H2,1-4H3/t34-,40+,41+,42+,43+/m1/s1. The van der Waals surface area contributed by atoms with E-state index in [9.17, 15) is 71.9 Å². The molecule has 0 amide bonds. The van der Waals surface area contributed by atoms with E-state index in [1.807, 2.05) is 0 Å². The van der Waals surface area contributed by atoms with Gasteiger partial charge < -0.3 is 42.6 Å². The van der Waals surface area contributed by atoms with E-state index in [0.29, 0.717) is 28.4 Å². The summed E-state index contributed by atoms with van der Waals surface area (Å²) in [4.78, 5) is 54.2. The highest BCUT2D eigenvalue weighted by Gasteiger charge is 2.67. The molecule has 0 radical (unpaired) electrons. The summed E-state index contributed by atoms with van der Waals surface area (Å²) in [7, 11) is 1.94. The molecule has 0 bridgehead atoms. The lowest BCUT2D eigenvalue weighted by atomic mass is 9.92. The van der Waals surface area contributed by atoms with Crippen LogP contribution in [-0.4, -0.2) is 116 Å². The van der Waals surface area contributed by atoms with Crippen molar-refractivity contribution < 1.29 is 114 Å². The van der Waals surface area contributed by atoms with Gasteiger partial charge in [-0.1, -0.05) is 121 Å². The number of alkyl halides is 12. The SMILES string of the molecule is CO[C@](C(=O)OCC[C@H](COC(=O)[C@@](OC)(c1ccccc1)C(F)(F)F)OC(COC(=O)[C@@](OC)(c1ccccc1)C(F)(F)F)COC(=O)[C@@](OC)(c1ccccc1)C(F)(F)F)(c1ccccc1)C(F)(F)F. The zero-order valence-corrected chi connectivity index (χ0v) is 38.1. The van der Waals surface area contributed by atoms with Crippen LogP contribution in [-0.2, 0) is 84.2 Å². The first-order valence-corrected chi connectivity index (χ1v) is 20.8. The van der Waals surface area contributed by atoms with Gasteiger partial charge in [0.15, 0.2) is 0 Å². The number of halogens is 12. The van der Waals surface area contributed by atoms with E-state index in [1.54, 1.807) is 0 Å². The second-order valence-corrected chi connectivity index (χ2v) is 15.1. The van der Waals surface area contributed by atoms with Gasteiger partial charge in [0, 0.05) is 57.1 Å². The minimum atomic E-state index is -5.62. The van der Waals surface area contributed by atoms with Crippen molar-refractivity contribution in [2.24, 2.45) is 0 Å². The highest BCUT2D eigenvalue weighted by molar-refractivity contribution is 5.84. The van der Waals surface area contributed by atoms with Gasteiger partial charge in [-0.15, -0.1) is 0 Å². The van der Waals surface area contributed by atoms with Crippen LogP contribution in [0.4, 0.5) is 52.7 Å². The fraction of sp³-hybridized carbons (Fsp3) is 0.404. The molecule has 0 unspecified atom stereocenters. The Bertz CT molecular complexity index is 2310. The number of carbonyl (C=O) groups is 4. The van der Waals surface area contributed by atoms with Crippen LogP contribution in [0.2, 0.25) is 0 Å². The van der Waals surface area contributed by atoms with E-state index in [-0.39, 0.29) is 0 Å².